The quantitative estimate of drug-likeness (QED) is 0.448. The van der Waals surface area contributed by atoms with Crippen LogP contribution in [0.5, 0.6) is 5.75 Å². The summed E-state index contributed by atoms with van der Waals surface area (Å²) < 4.78 is 8.64. The molecule has 0 fully saturated rings. The van der Waals surface area contributed by atoms with Crippen molar-refractivity contribution in [3.8, 4) is 5.75 Å². The molecular weight excluding hydrogens is 430 g/mol. The number of thiazole rings is 1. The Morgan fingerprint density at radius 3 is 2.72 bits per heavy atom. The number of carbonyl (C=O) groups is 1. The fourth-order valence-corrected chi connectivity index (χ4v) is 4.78. The highest BCUT2D eigenvalue weighted by atomic mass is 79.9. The topological polar surface area (TPSA) is 86.7 Å². The molecule has 7 nitrogen and oxygen atoms in total. The highest BCUT2D eigenvalue weighted by molar-refractivity contribution is 9.11. The number of hydrogen-bond acceptors (Lipinski definition) is 6. The van der Waals surface area contributed by atoms with Crippen molar-refractivity contribution in [1.29, 1.82) is 0 Å². The largest absolute Gasteiger partial charge is 0.494 e. The molecule has 1 amide bonds. The highest BCUT2D eigenvalue weighted by Gasteiger charge is 2.18. The summed E-state index contributed by atoms with van der Waals surface area (Å²) in [6, 6.07) is 6.34. The van der Waals surface area contributed by atoms with Crippen molar-refractivity contribution in [2.75, 3.05) is 7.11 Å². The van der Waals surface area contributed by atoms with Crippen LogP contribution < -0.4 is 9.54 Å². The maximum absolute atomic E-state index is 12.4. The number of benzene rings is 1. The number of halogens is 1. The first-order chi connectivity index (χ1) is 11.9. The minimum Gasteiger partial charge on any atom is -0.494 e. The fraction of sp³-hybridized carbons (Fsp3) is 0.200. The number of carbonyl (C=O) groups excluding carboxylic acids is 1. The maximum atomic E-state index is 12.4. The average Bonchev–Trinajstić information content (AvgIpc) is 3.16. The van der Waals surface area contributed by atoms with Crippen molar-refractivity contribution < 1.29 is 14.5 Å². The van der Waals surface area contributed by atoms with E-state index >= 15 is 0 Å². The van der Waals surface area contributed by atoms with E-state index in [1.54, 1.807) is 12.1 Å². The van der Waals surface area contributed by atoms with E-state index in [2.05, 4.69) is 20.9 Å². The molecule has 1 aromatic carbocycles. The molecule has 3 rings (SSSR count). The minimum absolute atomic E-state index is 0.0612. The number of hydrogen-bond donors (Lipinski definition) is 0. The zero-order chi connectivity index (χ0) is 18.1. The zero-order valence-electron chi connectivity index (χ0n) is 13.2. The molecule has 2 heterocycles. The number of aryl methyl sites for hydroxylation is 1. The highest BCUT2D eigenvalue weighted by Crippen LogP contribution is 2.32. The van der Waals surface area contributed by atoms with E-state index in [9.17, 15) is 14.9 Å². The van der Waals surface area contributed by atoms with Crippen LogP contribution in [0.2, 0.25) is 0 Å². The van der Waals surface area contributed by atoms with E-state index in [-0.39, 0.29) is 11.6 Å². The molecule has 0 bridgehead atoms. The number of amides is 1. The number of ether oxygens (including phenoxy) is 1. The van der Waals surface area contributed by atoms with Gasteiger partial charge in [-0.15, -0.1) is 11.3 Å². The van der Waals surface area contributed by atoms with Crippen LogP contribution in [0.4, 0.5) is 5.69 Å². The summed E-state index contributed by atoms with van der Waals surface area (Å²) in [7, 11) is 1.46. The Kier molecular flexibility index (Phi) is 5.02. The number of non-ortho nitro benzene ring substituents is 1. The SMILES string of the molecule is CCn1c(=NC(=O)c2ccc(Br)s2)sc2cc([N+](=O)[O-])cc(OC)c21. The Morgan fingerprint density at radius 1 is 1.40 bits per heavy atom. The van der Waals surface area contributed by atoms with Crippen molar-refractivity contribution in [2.24, 2.45) is 4.99 Å². The third-order valence-electron chi connectivity index (χ3n) is 3.45. The van der Waals surface area contributed by atoms with Crippen molar-refractivity contribution in [2.45, 2.75) is 13.5 Å². The summed E-state index contributed by atoms with van der Waals surface area (Å²) in [5.41, 5.74) is 0.633. The number of nitrogens with zero attached hydrogens (tertiary/aromatic N) is 3. The second kappa shape index (κ2) is 7.06. The molecule has 0 N–H and O–H groups in total. The van der Waals surface area contributed by atoms with Crippen LogP contribution in [0.25, 0.3) is 10.2 Å². The molecule has 0 saturated carbocycles. The van der Waals surface area contributed by atoms with Gasteiger partial charge in [-0.2, -0.15) is 4.99 Å². The van der Waals surface area contributed by atoms with Crippen LogP contribution in [-0.2, 0) is 6.54 Å². The molecule has 0 aliphatic heterocycles. The first kappa shape index (κ1) is 17.8. The van der Waals surface area contributed by atoms with Crippen LogP contribution in [0.1, 0.15) is 16.6 Å². The van der Waals surface area contributed by atoms with Crippen LogP contribution >= 0.6 is 38.6 Å². The number of nitro benzene ring substituents is 1. The molecule has 0 atom stereocenters. The van der Waals surface area contributed by atoms with E-state index in [1.807, 2.05) is 11.5 Å². The standard InChI is InChI=1S/C15H12BrN3O4S2/c1-3-18-13-9(23-2)6-8(19(21)22)7-11(13)25-15(18)17-14(20)10-4-5-12(16)24-10/h4-7H,3H2,1-2H3. The van der Waals surface area contributed by atoms with Crippen molar-refractivity contribution >= 4 is 60.4 Å². The Balaban J connectivity index is 2.23. The summed E-state index contributed by atoms with van der Waals surface area (Å²) in [5.74, 6) is 0.0352. The number of thiophene rings is 1. The molecule has 0 radical (unpaired) electrons. The zero-order valence-corrected chi connectivity index (χ0v) is 16.4. The summed E-state index contributed by atoms with van der Waals surface area (Å²) in [4.78, 5) is 28.2. The van der Waals surface area contributed by atoms with E-state index in [0.717, 1.165) is 3.79 Å². The van der Waals surface area contributed by atoms with Crippen LogP contribution in [0, 0.1) is 10.1 Å². The molecular formula is C15H12BrN3O4S2. The molecule has 10 heteroatoms. The van der Waals surface area contributed by atoms with Gasteiger partial charge >= 0.3 is 0 Å². The van der Waals surface area contributed by atoms with Gasteiger partial charge in [0.1, 0.15) is 5.52 Å². The van der Waals surface area contributed by atoms with Gasteiger partial charge in [-0.3, -0.25) is 14.9 Å². The molecule has 0 saturated heterocycles. The van der Waals surface area contributed by atoms with Crippen molar-refractivity contribution in [1.82, 2.24) is 4.57 Å². The molecule has 0 aliphatic carbocycles. The van der Waals surface area contributed by atoms with Crippen LogP contribution in [-0.4, -0.2) is 22.5 Å². The third kappa shape index (κ3) is 3.37. The van der Waals surface area contributed by atoms with Gasteiger partial charge in [-0.25, -0.2) is 0 Å². The molecule has 130 valence electrons. The number of aromatic nitrogens is 1. The molecule has 0 aliphatic rings. The summed E-state index contributed by atoms with van der Waals surface area (Å²) in [6.45, 7) is 2.46. The second-order valence-electron chi connectivity index (χ2n) is 4.90. The third-order valence-corrected chi connectivity index (χ3v) is 6.09. The average molecular weight is 442 g/mol. The normalized spacial score (nSPS) is 11.9. The molecule has 25 heavy (non-hydrogen) atoms. The second-order valence-corrected chi connectivity index (χ2v) is 8.37. The lowest BCUT2D eigenvalue weighted by atomic mass is 10.2. The predicted molar refractivity (Wildman–Crippen MR) is 101 cm³/mol. The van der Waals surface area contributed by atoms with Crippen molar-refractivity contribution in [3.63, 3.8) is 0 Å². The van der Waals surface area contributed by atoms with Crippen LogP contribution in [0.15, 0.2) is 33.0 Å². The molecule has 3 aromatic rings. The fourth-order valence-electron chi connectivity index (χ4n) is 2.37. The van der Waals surface area contributed by atoms with Gasteiger partial charge in [0.05, 0.1) is 31.5 Å². The lowest BCUT2D eigenvalue weighted by Gasteiger charge is -2.06. The minimum atomic E-state index is -0.469. The summed E-state index contributed by atoms with van der Waals surface area (Å²) in [5, 5.41) is 11.1. The Bertz CT molecular complexity index is 1050. The maximum Gasteiger partial charge on any atom is 0.289 e. The van der Waals surface area contributed by atoms with Gasteiger partial charge in [0, 0.05) is 12.6 Å². The lowest BCUT2D eigenvalue weighted by Crippen LogP contribution is -2.16. The number of rotatable bonds is 4. The molecule has 0 spiro atoms. The predicted octanol–water partition coefficient (Wildman–Crippen LogP) is 4.20. The molecule has 2 aromatic heterocycles. The van der Waals surface area contributed by atoms with E-state index in [0.29, 0.717) is 32.2 Å². The van der Waals surface area contributed by atoms with Gasteiger partial charge in [-0.1, -0.05) is 11.3 Å². The van der Waals surface area contributed by atoms with E-state index in [1.165, 1.54) is 41.9 Å². The van der Waals surface area contributed by atoms with E-state index in [4.69, 9.17) is 4.74 Å². The molecule has 0 unspecified atom stereocenters. The monoisotopic (exact) mass is 441 g/mol. The van der Waals surface area contributed by atoms with Gasteiger partial charge < -0.3 is 9.30 Å². The Labute approximate surface area is 158 Å². The van der Waals surface area contributed by atoms with Gasteiger partial charge in [0.2, 0.25) is 0 Å². The number of methoxy groups -OCH3 is 1. The van der Waals surface area contributed by atoms with Crippen LogP contribution in [0.3, 0.4) is 0 Å². The Hall–Kier alpha value is -2.04. The first-order valence-corrected chi connectivity index (χ1v) is 9.57. The Morgan fingerprint density at radius 2 is 2.16 bits per heavy atom. The number of nitro groups is 1. The van der Waals surface area contributed by atoms with Gasteiger partial charge in [-0.05, 0) is 35.0 Å². The lowest BCUT2D eigenvalue weighted by molar-refractivity contribution is -0.384. The van der Waals surface area contributed by atoms with Gasteiger partial charge in [0.15, 0.2) is 10.6 Å². The number of fused-ring (bicyclic) bond motifs is 1. The first-order valence-electron chi connectivity index (χ1n) is 7.14. The summed E-state index contributed by atoms with van der Waals surface area (Å²) in [6.07, 6.45) is 0. The summed E-state index contributed by atoms with van der Waals surface area (Å²) >= 11 is 5.85. The smallest absolute Gasteiger partial charge is 0.289 e. The van der Waals surface area contributed by atoms with E-state index < -0.39 is 4.92 Å². The van der Waals surface area contributed by atoms with Crippen molar-refractivity contribution in [3.05, 3.63) is 47.8 Å². The van der Waals surface area contributed by atoms with Gasteiger partial charge in [0.25, 0.3) is 11.6 Å².